The summed E-state index contributed by atoms with van der Waals surface area (Å²) >= 11 is 0. The van der Waals surface area contributed by atoms with E-state index >= 15 is 0 Å². The van der Waals surface area contributed by atoms with Crippen molar-refractivity contribution >= 4 is 17.6 Å². The van der Waals surface area contributed by atoms with E-state index in [2.05, 4.69) is 10.3 Å². The molecule has 2 N–H and O–H groups in total. The molecule has 0 heterocycles. The number of nitro benzene ring substituents is 1. The number of hydrogen-bond donors (Lipinski definition) is 2. The van der Waals surface area contributed by atoms with Crippen molar-refractivity contribution in [3.8, 4) is 5.75 Å². The first-order valence-corrected chi connectivity index (χ1v) is 6.43. The molecule has 0 saturated carbocycles. The van der Waals surface area contributed by atoms with Crippen molar-refractivity contribution in [2.45, 2.75) is 0 Å². The molecule has 0 radical (unpaired) electrons. The summed E-state index contributed by atoms with van der Waals surface area (Å²) in [4.78, 5) is 14.3. The Labute approximate surface area is 121 Å². The molecule has 0 aromatic heterocycles. The van der Waals surface area contributed by atoms with Gasteiger partial charge in [0.05, 0.1) is 11.5 Å². The van der Waals surface area contributed by atoms with E-state index in [1.807, 2.05) is 6.07 Å². The van der Waals surface area contributed by atoms with Crippen LogP contribution in [0.4, 0.5) is 11.4 Å². The van der Waals surface area contributed by atoms with Gasteiger partial charge in [-0.05, 0) is 24.3 Å². The van der Waals surface area contributed by atoms with Gasteiger partial charge in [-0.15, -0.1) is 0 Å². The lowest BCUT2D eigenvalue weighted by molar-refractivity contribution is -0.384. The van der Waals surface area contributed by atoms with E-state index in [-0.39, 0.29) is 11.4 Å². The van der Waals surface area contributed by atoms with E-state index in [4.69, 9.17) is 0 Å². The van der Waals surface area contributed by atoms with E-state index < -0.39 is 4.92 Å². The average molecular weight is 285 g/mol. The van der Waals surface area contributed by atoms with E-state index in [1.54, 1.807) is 36.5 Å². The number of phenols is 1. The van der Waals surface area contributed by atoms with Gasteiger partial charge in [-0.2, -0.15) is 0 Å². The number of nitrogens with zero attached hydrogens (tertiary/aromatic N) is 2. The fourth-order valence-corrected chi connectivity index (χ4v) is 1.73. The molecule has 6 heteroatoms. The van der Waals surface area contributed by atoms with Crippen LogP contribution in [-0.2, 0) is 0 Å². The number of aliphatic imine (C=N–C) groups is 1. The van der Waals surface area contributed by atoms with Gasteiger partial charge in [0.15, 0.2) is 0 Å². The molecule has 2 aromatic rings. The zero-order valence-electron chi connectivity index (χ0n) is 11.3. The maximum Gasteiger partial charge on any atom is 0.269 e. The van der Waals surface area contributed by atoms with Crippen LogP contribution in [-0.4, -0.2) is 29.3 Å². The number of benzene rings is 2. The minimum Gasteiger partial charge on any atom is -0.507 e. The van der Waals surface area contributed by atoms with Crippen molar-refractivity contribution in [3.63, 3.8) is 0 Å². The number of anilines is 1. The van der Waals surface area contributed by atoms with E-state index in [1.165, 1.54) is 12.1 Å². The predicted molar refractivity (Wildman–Crippen MR) is 82.2 cm³/mol. The molecule has 0 saturated heterocycles. The lowest BCUT2D eigenvalue weighted by atomic mass is 10.2. The summed E-state index contributed by atoms with van der Waals surface area (Å²) in [6, 6.07) is 13.2. The molecule has 0 bridgehead atoms. The van der Waals surface area contributed by atoms with Gasteiger partial charge >= 0.3 is 0 Å². The van der Waals surface area contributed by atoms with Crippen LogP contribution < -0.4 is 5.32 Å². The van der Waals surface area contributed by atoms with Gasteiger partial charge in [-0.1, -0.05) is 12.1 Å². The van der Waals surface area contributed by atoms with Crippen LogP contribution in [0.15, 0.2) is 53.5 Å². The molecule has 0 aliphatic rings. The maximum atomic E-state index is 10.5. The smallest absolute Gasteiger partial charge is 0.269 e. The molecule has 0 aliphatic carbocycles. The highest BCUT2D eigenvalue weighted by Gasteiger charge is 2.02. The molecule has 2 aromatic carbocycles. The van der Waals surface area contributed by atoms with Crippen molar-refractivity contribution in [1.82, 2.24) is 0 Å². The highest BCUT2D eigenvalue weighted by molar-refractivity contribution is 5.83. The number of nitro groups is 1. The van der Waals surface area contributed by atoms with Crippen molar-refractivity contribution in [1.29, 1.82) is 0 Å². The number of nitrogens with one attached hydrogen (secondary N) is 1. The summed E-state index contributed by atoms with van der Waals surface area (Å²) in [5.74, 6) is 0.199. The Morgan fingerprint density at radius 1 is 1.19 bits per heavy atom. The molecule has 0 amide bonds. The lowest BCUT2D eigenvalue weighted by Gasteiger charge is -2.03. The third-order valence-corrected chi connectivity index (χ3v) is 2.82. The molecule has 0 atom stereocenters. The van der Waals surface area contributed by atoms with Crippen molar-refractivity contribution in [3.05, 3.63) is 64.2 Å². The van der Waals surface area contributed by atoms with E-state index in [9.17, 15) is 15.2 Å². The lowest BCUT2D eigenvalue weighted by Crippen LogP contribution is -2.05. The second-order valence-corrected chi connectivity index (χ2v) is 4.32. The predicted octanol–water partition coefficient (Wildman–Crippen LogP) is 2.83. The van der Waals surface area contributed by atoms with Crippen molar-refractivity contribution in [2.24, 2.45) is 4.99 Å². The van der Waals surface area contributed by atoms with E-state index in [0.29, 0.717) is 18.7 Å². The number of rotatable bonds is 6. The highest BCUT2D eigenvalue weighted by atomic mass is 16.6. The molecular formula is C15H15N3O3. The van der Waals surface area contributed by atoms with Crippen LogP contribution in [0.3, 0.4) is 0 Å². The second kappa shape index (κ2) is 7.04. The van der Waals surface area contributed by atoms with Gasteiger partial charge in [-0.3, -0.25) is 15.1 Å². The Bertz CT molecular complexity index is 639. The molecule has 2 rings (SSSR count). The average Bonchev–Trinajstić information content (AvgIpc) is 2.49. The fraction of sp³-hybridized carbons (Fsp3) is 0.133. The molecule has 0 spiro atoms. The van der Waals surface area contributed by atoms with Crippen LogP contribution in [0, 0.1) is 10.1 Å². The zero-order chi connectivity index (χ0) is 15.1. The summed E-state index contributed by atoms with van der Waals surface area (Å²) in [5.41, 5.74) is 1.55. The number of phenolic OH excluding ortho intramolecular Hbond substituents is 1. The Morgan fingerprint density at radius 2 is 1.90 bits per heavy atom. The van der Waals surface area contributed by atoms with Gasteiger partial charge in [-0.25, -0.2) is 0 Å². The molecular weight excluding hydrogens is 270 g/mol. The summed E-state index contributed by atoms with van der Waals surface area (Å²) in [5, 5.41) is 23.2. The molecule has 108 valence electrons. The Morgan fingerprint density at radius 3 is 2.57 bits per heavy atom. The summed E-state index contributed by atoms with van der Waals surface area (Å²) in [7, 11) is 0. The Balaban J connectivity index is 1.79. The number of aromatic hydroxyl groups is 1. The largest absolute Gasteiger partial charge is 0.507 e. The Kier molecular flexibility index (Phi) is 4.87. The monoisotopic (exact) mass is 285 g/mol. The minimum absolute atomic E-state index is 0.0677. The number of para-hydroxylation sites is 1. The normalized spacial score (nSPS) is 10.7. The van der Waals surface area contributed by atoms with Crippen LogP contribution in [0.1, 0.15) is 5.56 Å². The molecule has 0 unspecified atom stereocenters. The SMILES string of the molecule is O=[N+]([O-])c1ccc(NCCN=Cc2ccccc2O)cc1. The summed E-state index contributed by atoms with van der Waals surface area (Å²) in [6.07, 6.45) is 1.62. The molecule has 0 fully saturated rings. The van der Waals surface area contributed by atoms with Gasteiger partial charge in [0, 0.05) is 36.1 Å². The number of hydrogen-bond acceptors (Lipinski definition) is 5. The van der Waals surface area contributed by atoms with Crippen molar-refractivity contribution in [2.75, 3.05) is 18.4 Å². The first kappa shape index (κ1) is 14.5. The Hall–Kier alpha value is -2.89. The van der Waals surface area contributed by atoms with Gasteiger partial charge in [0.2, 0.25) is 0 Å². The van der Waals surface area contributed by atoms with Gasteiger partial charge < -0.3 is 10.4 Å². The van der Waals surface area contributed by atoms with Gasteiger partial charge in [0.25, 0.3) is 5.69 Å². The first-order chi connectivity index (χ1) is 10.2. The molecule has 6 nitrogen and oxygen atoms in total. The third kappa shape index (κ3) is 4.31. The highest BCUT2D eigenvalue weighted by Crippen LogP contribution is 2.15. The van der Waals surface area contributed by atoms with Crippen LogP contribution >= 0.6 is 0 Å². The van der Waals surface area contributed by atoms with Crippen LogP contribution in [0.2, 0.25) is 0 Å². The second-order valence-electron chi connectivity index (χ2n) is 4.32. The van der Waals surface area contributed by atoms with Gasteiger partial charge in [0.1, 0.15) is 5.75 Å². The molecule has 21 heavy (non-hydrogen) atoms. The maximum absolute atomic E-state index is 10.5. The van der Waals surface area contributed by atoms with Crippen LogP contribution in [0.25, 0.3) is 0 Å². The summed E-state index contributed by atoms with van der Waals surface area (Å²) in [6.45, 7) is 1.13. The third-order valence-electron chi connectivity index (χ3n) is 2.82. The summed E-state index contributed by atoms with van der Waals surface area (Å²) < 4.78 is 0. The molecule has 0 aliphatic heterocycles. The van der Waals surface area contributed by atoms with Crippen molar-refractivity contribution < 1.29 is 10.0 Å². The van der Waals surface area contributed by atoms with Crippen LogP contribution in [0.5, 0.6) is 5.75 Å². The topological polar surface area (TPSA) is 87.8 Å². The first-order valence-electron chi connectivity index (χ1n) is 6.43. The quantitative estimate of drug-likeness (QED) is 0.370. The fourth-order valence-electron chi connectivity index (χ4n) is 1.73. The zero-order valence-corrected chi connectivity index (χ0v) is 11.3. The van der Waals surface area contributed by atoms with E-state index in [0.717, 1.165) is 5.69 Å². The minimum atomic E-state index is -0.430. The number of non-ortho nitro benzene ring substituents is 1. The standard InChI is InChI=1S/C15H15N3O3/c19-15-4-2-1-3-12(15)11-16-9-10-17-13-5-7-14(8-6-13)18(20)21/h1-8,11,17,19H,9-10H2.